The molecule has 304 valence electrons. The third-order valence-corrected chi connectivity index (χ3v) is 21.3. The first kappa shape index (κ1) is 37.0. The highest BCUT2D eigenvalue weighted by atomic mass is 32.2. The van der Waals surface area contributed by atoms with E-state index < -0.39 is 8.07 Å². The fourth-order valence-corrected chi connectivity index (χ4v) is 19.2. The Morgan fingerprint density at radius 2 is 0.831 bits per heavy atom. The van der Waals surface area contributed by atoms with Gasteiger partial charge in [0.25, 0.3) is 0 Å². The van der Waals surface area contributed by atoms with Gasteiger partial charge in [-0.3, -0.25) is 0 Å². The van der Waals surface area contributed by atoms with Crippen molar-refractivity contribution in [2.45, 2.75) is 9.79 Å². The first-order valence-electron chi connectivity index (χ1n) is 22.2. The van der Waals surface area contributed by atoms with Crippen molar-refractivity contribution < 1.29 is 0 Å². The lowest BCUT2D eigenvalue weighted by atomic mass is 10.0. The summed E-state index contributed by atoms with van der Waals surface area (Å²) in [4.78, 5) is 2.63. The van der Waals surface area contributed by atoms with E-state index in [9.17, 15) is 0 Å². The minimum absolute atomic E-state index is 1.18. The molecule has 0 radical (unpaired) electrons. The minimum atomic E-state index is -3.06. The Morgan fingerprint density at radius 3 is 1.49 bits per heavy atom. The number of hydrogen-bond acceptors (Lipinski definition) is 2. The molecule has 10 aromatic carbocycles. The summed E-state index contributed by atoms with van der Waals surface area (Å²) in [5, 5.41) is 13.3. The molecule has 0 saturated carbocycles. The lowest BCUT2D eigenvalue weighted by Gasteiger charge is -2.40. The Balaban J connectivity index is 1.05. The SMILES string of the molecule is c1ccc([Si]2(c3cccc(-n4c5ccccc5c5ccccc54)c3)c3ccc(-n4c5ccccc5c5ccccc54)cc3Sc3ccc(-c4ccc5c(c4)sc4ccccc45)cc32)cc1. The largest absolute Gasteiger partial charge is 0.309 e. The van der Waals surface area contributed by atoms with E-state index in [1.165, 1.54) is 117 Å². The van der Waals surface area contributed by atoms with Gasteiger partial charge < -0.3 is 9.13 Å². The summed E-state index contributed by atoms with van der Waals surface area (Å²) in [6.07, 6.45) is 0. The zero-order valence-corrected chi connectivity index (χ0v) is 37.8. The number of aromatic nitrogens is 2. The van der Waals surface area contributed by atoms with Crippen molar-refractivity contribution in [3.05, 3.63) is 231 Å². The number of nitrogens with zero attached hydrogens (tertiary/aromatic N) is 2. The summed E-state index contributed by atoms with van der Waals surface area (Å²) in [7, 11) is -3.06. The molecule has 3 aromatic heterocycles. The molecule has 1 atom stereocenters. The molecular formula is C60H38N2S2Si. The van der Waals surface area contributed by atoms with Gasteiger partial charge in [-0.15, -0.1) is 11.3 Å². The highest BCUT2D eigenvalue weighted by Gasteiger charge is 2.47. The van der Waals surface area contributed by atoms with E-state index >= 15 is 0 Å². The van der Waals surface area contributed by atoms with Crippen LogP contribution in [-0.2, 0) is 0 Å². The molecule has 0 fully saturated rings. The standard InChI is InChI=1S/C60H38N2S2Si/c1-2-16-43(17-3-1)65(44-18-14-15-41(37-44)61-51-24-9-4-19-45(51)46-20-5-10-25-52(46)61)59-34-31-42(62-53-26-11-6-21-47(53)48-22-7-12-27-54(48)62)38-58(59)64-56-33-30-40(36-60(56)65)39-29-32-50-49-23-8-13-28-55(49)63-57(50)35-39/h1-38H. The zero-order chi connectivity index (χ0) is 42.6. The van der Waals surface area contributed by atoms with Gasteiger partial charge in [0.1, 0.15) is 0 Å². The Labute approximate surface area is 385 Å². The minimum Gasteiger partial charge on any atom is -0.309 e. The highest BCUT2D eigenvalue weighted by molar-refractivity contribution is 8.00. The summed E-state index contributed by atoms with van der Waals surface area (Å²) in [6, 6.07) is 87.0. The summed E-state index contributed by atoms with van der Waals surface area (Å²) in [5.41, 5.74) is 9.74. The van der Waals surface area contributed by atoms with Crippen LogP contribution in [-0.4, -0.2) is 17.2 Å². The molecule has 14 rings (SSSR count). The number of rotatable bonds is 5. The Bertz CT molecular complexity index is 3960. The monoisotopic (exact) mass is 878 g/mol. The van der Waals surface area contributed by atoms with Crippen molar-refractivity contribution in [1.29, 1.82) is 0 Å². The molecule has 13 aromatic rings. The van der Waals surface area contributed by atoms with E-state index in [-0.39, 0.29) is 0 Å². The van der Waals surface area contributed by atoms with Gasteiger partial charge in [0.2, 0.25) is 0 Å². The maximum absolute atomic E-state index is 3.06. The Morgan fingerprint density at radius 1 is 0.308 bits per heavy atom. The van der Waals surface area contributed by atoms with Gasteiger partial charge in [-0.05, 0) is 98.6 Å². The normalized spacial score (nSPS) is 14.8. The first-order chi connectivity index (χ1) is 32.2. The van der Waals surface area contributed by atoms with E-state index in [1.54, 1.807) is 0 Å². The van der Waals surface area contributed by atoms with Crippen LogP contribution in [0.5, 0.6) is 0 Å². The van der Waals surface area contributed by atoms with Crippen LogP contribution in [0.3, 0.4) is 0 Å². The maximum Gasteiger partial charge on any atom is 0.181 e. The molecule has 0 aliphatic carbocycles. The summed E-state index contributed by atoms with van der Waals surface area (Å²) in [5.74, 6) is 0. The van der Waals surface area contributed by atoms with Gasteiger partial charge in [0.05, 0.1) is 22.1 Å². The van der Waals surface area contributed by atoms with Gasteiger partial charge in [0.15, 0.2) is 8.07 Å². The first-order valence-corrected chi connectivity index (χ1v) is 25.9. The third kappa shape index (κ3) is 5.41. The molecule has 0 bridgehead atoms. The lowest BCUT2D eigenvalue weighted by molar-refractivity contribution is 1.16. The molecule has 0 amide bonds. The average molecular weight is 879 g/mol. The topological polar surface area (TPSA) is 9.86 Å². The quantitative estimate of drug-likeness (QED) is 0.157. The zero-order valence-electron chi connectivity index (χ0n) is 35.2. The molecule has 1 aliphatic heterocycles. The van der Waals surface area contributed by atoms with Gasteiger partial charge in [-0.25, -0.2) is 0 Å². The predicted octanol–water partition coefficient (Wildman–Crippen LogP) is 13.8. The number of thiophene rings is 1. The molecule has 4 heterocycles. The Kier molecular flexibility index (Phi) is 8.14. The van der Waals surface area contributed by atoms with E-state index in [0.717, 1.165) is 0 Å². The van der Waals surface area contributed by atoms with E-state index in [2.05, 4.69) is 240 Å². The van der Waals surface area contributed by atoms with Gasteiger partial charge in [-0.1, -0.05) is 176 Å². The smallest absolute Gasteiger partial charge is 0.181 e. The van der Waals surface area contributed by atoms with Crippen LogP contribution in [0.2, 0.25) is 0 Å². The van der Waals surface area contributed by atoms with Crippen molar-refractivity contribution in [1.82, 2.24) is 9.13 Å². The second-order valence-electron chi connectivity index (χ2n) is 17.2. The number of benzene rings is 10. The number of para-hydroxylation sites is 4. The van der Waals surface area contributed by atoms with Crippen LogP contribution >= 0.6 is 23.1 Å². The van der Waals surface area contributed by atoms with Gasteiger partial charge in [0, 0.05) is 62.9 Å². The van der Waals surface area contributed by atoms with Crippen LogP contribution in [0.1, 0.15) is 0 Å². The molecule has 1 aliphatic rings. The van der Waals surface area contributed by atoms with Crippen molar-refractivity contribution >= 4 is 116 Å². The molecule has 0 spiro atoms. The molecule has 65 heavy (non-hydrogen) atoms. The summed E-state index contributed by atoms with van der Waals surface area (Å²) < 4.78 is 7.59. The predicted molar refractivity (Wildman–Crippen MR) is 281 cm³/mol. The fourth-order valence-electron chi connectivity index (χ4n) is 11.1. The number of hydrogen-bond donors (Lipinski definition) is 0. The number of fused-ring (bicyclic) bond motifs is 11. The third-order valence-electron chi connectivity index (χ3n) is 13.8. The lowest BCUT2D eigenvalue weighted by Crippen LogP contribution is -2.76. The molecule has 1 unspecified atom stereocenters. The highest BCUT2D eigenvalue weighted by Crippen LogP contribution is 2.41. The van der Waals surface area contributed by atoms with Crippen LogP contribution < -0.4 is 20.7 Å². The van der Waals surface area contributed by atoms with E-state index in [1.807, 2.05) is 23.1 Å². The van der Waals surface area contributed by atoms with Crippen molar-refractivity contribution in [3.63, 3.8) is 0 Å². The van der Waals surface area contributed by atoms with Crippen LogP contribution in [0.4, 0.5) is 0 Å². The molecule has 2 nitrogen and oxygen atoms in total. The molecule has 0 saturated heterocycles. The molecular weight excluding hydrogens is 841 g/mol. The maximum atomic E-state index is 2.56. The summed E-state index contributed by atoms with van der Waals surface area (Å²) in [6.45, 7) is 0. The van der Waals surface area contributed by atoms with Gasteiger partial charge in [-0.2, -0.15) is 0 Å². The van der Waals surface area contributed by atoms with Crippen molar-refractivity contribution in [2.24, 2.45) is 0 Å². The van der Waals surface area contributed by atoms with Crippen LogP contribution in [0.15, 0.2) is 240 Å². The Hall–Kier alpha value is -7.41. The van der Waals surface area contributed by atoms with Crippen LogP contribution in [0.25, 0.3) is 86.3 Å². The summed E-state index contributed by atoms with van der Waals surface area (Å²) >= 11 is 3.82. The van der Waals surface area contributed by atoms with E-state index in [4.69, 9.17) is 0 Å². The second kappa shape index (κ2) is 14.3. The van der Waals surface area contributed by atoms with Crippen molar-refractivity contribution in [3.8, 4) is 22.5 Å². The average Bonchev–Trinajstić information content (AvgIpc) is 4.03. The van der Waals surface area contributed by atoms with Gasteiger partial charge >= 0.3 is 0 Å². The van der Waals surface area contributed by atoms with Crippen molar-refractivity contribution in [2.75, 3.05) is 0 Å². The van der Waals surface area contributed by atoms with E-state index in [0.29, 0.717) is 0 Å². The van der Waals surface area contributed by atoms with Crippen LogP contribution in [0, 0.1) is 0 Å². The molecule has 0 N–H and O–H groups in total. The fraction of sp³-hybridized carbons (Fsp3) is 0. The molecule has 5 heteroatoms. The second-order valence-corrected chi connectivity index (χ2v) is 23.1.